The van der Waals surface area contributed by atoms with E-state index >= 15 is 0 Å². The molecule has 1 N–H and O–H groups in total. The van der Waals surface area contributed by atoms with Crippen LogP contribution >= 0.6 is 11.3 Å². The number of rotatable bonds is 5. The van der Waals surface area contributed by atoms with E-state index in [1.807, 2.05) is 13.8 Å². The van der Waals surface area contributed by atoms with Crippen LogP contribution in [0.4, 0.5) is 0 Å². The van der Waals surface area contributed by atoms with Gasteiger partial charge in [0.05, 0.1) is 22.1 Å². The van der Waals surface area contributed by atoms with Crippen LogP contribution in [0.3, 0.4) is 0 Å². The second-order valence-corrected chi connectivity index (χ2v) is 5.92. The summed E-state index contributed by atoms with van der Waals surface area (Å²) in [6, 6.07) is 3.20. The van der Waals surface area contributed by atoms with Gasteiger partial charge in [-0.2, -0.15) is 5.10 Å². The van der Waals surface area contributed by atoms with Crippen LogP contribution in [0.15, 0.2) is 29.1 Å². The molecule has 0 saturated carbocycles. The summed E-state index contributed by atoms with van der Waals surface area (Å²) in [7, 11) is 0. The standard InChI is InChI=1S/C15H18N4O2S/c1-4-5-13(20)16-8-9-19-14(21)7-6-12(18-19)15-10(2)17-11(3)22-15/h4-7H,8-9H2,1-3H3,(H,16,20)/b5-4-. The van der Waals surface area contributed by atoms with E-state index in [2.05, 4.69) is 15.4 Å². The molecule has 0 saturated heterocycles. The highest BCUT2D eigenvalue weighted by molar-refractivity contribution is 7.15. The quantitative estimate of drug-likeness (QED) is 0.851. The molecule has 22 heavy (non-hydrogen) atoms. The molecule has 0 fully saturated rings. The molecule has 1 amide bonds. The van der Waals surface area contributed by atoms with E-state index in [1.165, 1.54) is 16.8 Å². The van der Waals surface area contributed by atoms with Gasteiger partial charge in [-0.1, -0.05) is 6.08 Å². The predicted molar refractivity (Wildman–Crippen MR) is 86.9 cm³/mol. The SMILES string of the molecule is C/C=C\C(=O)NCCn1nc(-c2sc(C)nc2C)ccc1=O. The normalized spacial score (nSPS) is 11.0. The van der Waals surface area contributed by atoms with Crippen LogP contribution in [0.25, 0.3) is 10.6 Å². The van der Waals surface area contributed by atoms with E-state index in [-0.39, 0.29) is 11.5 Å². The van der Waals surface area contributed by atoms with Gasteiger partial charge < -0.3 is 5.32 Å². The lowest BCUT2D eigenvalue weighted by atomic mass is 10.3. The van der Waals surface area contributed by atoms with Crippen LogP contribution < -0.4 is 10.9 Å². The average molecular weight is 318 g/mol. The number of hydrogen-bond acceptors (Lipinski definition) is 5. The number of carbonyl (C=O) groups excluding carboxylic acids is 1. The molecule has 2 heterocycles. The zero-order chi connectivity index (χ0) is 16.1. The summed E-state index contributed by atoms with van der Waals surface area (Å²) in [6.07, 6.45) is 3.10. The van der Waals surface area contributed by atoms with Crippen LogP contribution in [-0.2, 0) is 11.3 Å². The molecule has 0 aliphatic rings. The molecule has 7 heteroatoms. The summed E-state index contributed by atoms with van der Waals surface area (Å²) in [4.78, 5) is 28.5. The van der Waals surface area contributed by atoms with Crippen molar-refractivity contribution in [2.45, 2.75) is 27.3 Å². The van der Waals surface area contributed by atoms with Gasteiger partial charge in [0.25, 0.3) is 5.56 Å². The Morgan fingerprint density at radius 3 is 2.82 bits per heavy atom. The van der Waals surface area contributed by atoms with E-state index in [0.29, 0.717) is 13.1 Å². The molecule has 2 aromatic rings. The summed E-state index contributed by atoms with van der Waals surface area (Å²) >= 11 is 1.55. The molecule has 6 nitrogen and oxygen atoms in total. The minimum Gasteiger partial charge on any atom is -0.351 e. The fraction of sp³-hybridized carbons (Fsp3) is 0.333. The summed E-state index contributed by atoms with van der Waals surface area (Å²) in [6.45, 7) is 6.31. The van der Waals surface area contributed by atoms with Gasteiger partial charge in [-0.05, 0) is 32.9 Å². The molecule has 0 aliphatic carbocycles. The van der Waals surface area contributed by atoms with Crippen molar-refractivity contribution in [1.82, 2.24) is 20.1 Å². The van der Waals surface area contributed by atoms with Gasteiger partial charge >= 0.3 is 0 Å². The number of aryl methyl sites for hydroxylation is 2. The lowest BCUT2D eigenvalue weighted by Gasteiger charge is -2.07. The maximum Gasteiger partial charge on any atom is 0.266 e. The topological polar surface area (TPSA) is 76.9 Å². The Kier molecular flexibility index (Phi) is 5.21. The third kappa shape index (κ3) is 3.88. The highest BCUT2D eigenvalue weighted by atomic mass is 32.1. The van der Waals surface area contributed by atoms with Crippen molar-refractivity contribution < 1.29 is 4.79 Å². The van der Waals surface area contributed by atoms with Crippen LogP contribution in [-0.4, -0.2) is 27.2 Å². The van der Waals surface area contributed by atoms with Crippen LogP contribution in [0.1, 0.15) is 17.6 Å². The van der Waals surface area contributed by atoms with E-state index in [4.69, 9.17) is 0 Å². The Bertz CT molecular complexity index is 761. The first-order chi connectivity index (χ1) is 10.5. The summed E-state index contributed by atoms with van der Waals surface area (Å²) in [5.41, 5.74) is 1.44. The number of amides is 1. The maximum atomic E-state index is 11.9. The molecule has 0 bridgehead atoms. The fourth-order valence-corrected chi connectivity index (χ4v) is 2.88. The number of nitrogens with one attached hydrogen (secondary N) is 1. The van der Waals surface area contributed by atoms with Crippen molar-refractivity contribution in [3.63, 3.8) is 0 Å². The van der Waals surface area contributed by atoms with Gasteiger partial charge in [-0.3, -0.25) is 9.59 Å². The monoisotopic (exact) mass is 318 g/mol. The number of thiazole rings is 1. The van der Waals surface area contributed by atoms with Crippen molar-refractivity contribution in [1.29, 1.82) is 0 Å². The highest BCUT2D eigenvalue weighted by Gasteiger charge is 2.10. The lowest BCUT2D eigenvalue weighted by Crippen LogP contribution is -2.31. The second kappa shape index (κ2) is 7.13. The maximum absolute atomic E-state index is 11.9. The van der Waals surface area contributed by atoms with Crippen molar-refractivity contribution in [3.05, 3.63) is 45.3 Å². The number of aromatic nitrogens is 3. The van der Waals surface area contributed by atoms with E-state index in [9.17, 15) is 9.59 Å². The van der Waals surface area contributed by atoms with Gasteiger partial charge in [0, 0.05) is 12.6 Å². The van der Waals surface area contributed by atoms with E-state index in [0.717, 1.165) is 21.3 Å². The summed E-state index contributed by atoms with van der Waals surface area (Å²) in [5, 5.41) is 8.03. The van der Waals surface area contributed by atoms with Gasteiger partial charge in [0.15, 0.2) is 0 Å². The molecule has 0 radical (unpaired) electrons. The van der Waals surface area contributed by atoms with Gasteiger partial charge in [0.2, 0.25) is 5.91 Å². The molecule has 2 rings (SSSR count). The molecule has 0 spiro atoms. The van der Waals surface area contributed by atoms with E-state index < -0.39 is 0 Å². The molecular formula is C15H18N4O2S. The minimum absolute atomic E-state index is 0.180. The Labute approximate surface area is 132 Å². The molecule has 0 atom stereocenters. The van der Waals surface area contributed by atoms with Gasteiger partial charge in [0.1, 0.15) is 5.69 Å². The summed E-state index contributed by atoms with van der Waals surface area (Å²) < 4.78 is 1.36. The van der Waals surface area contributed by atoms with Crippen LogP contribution in [0, 0.1) is 13.8 Å². The van der Waals surface area contributed by atoms with Crippen molar-refractivity contribution in [2.75, 3.05) is 6.54 Å². The van der Waals surface area contributed by atoms with Gasteiger partial charge in [-0.25, -0.2) is 9.67 Å². The average Bonchev–Trinajstić information content (AvgIpc) is 2.80. The number of allylic oxidation sites excluding steroid dienone is 1. The van der Waals surface area contributed by atoms with Crippen molar-refractivity contribution >= 4 is 17.2 Å². The Hall–Kier alpha value is -2.28. The van der Waals surface area contributed by atoms with Crippen LogP contribution in [0.2, 0.25) is 0 Å². The highest BCUT2D eigenvalue weighted by Crippen LogP contribution is 2.27. The third-order valence-electron chi connectivity index (χ3n) is 2.94. The number of hydrogen-bond donors (Lipinski definition) is 1. The van der Waals surface area contributed by atoms with E-state index in [1.54, 1.807) is 30.4 Å². The Morgan fingerprint density at radius 1 is 1.41 bits per heavy atom. The molecule has 2 aromatic heterocycles. The zero-order valence-corrected chi connectivity index (χ0v) is 13.6. The molecule has 0 aromatic carbocycles. The van der Waals surface area contributed by atoms with Crippen molar-refractivity contribution in [3.8, 4) is 10.6 Å². The lowest BCUT2D eigenvalue weighted by molar-refractivity contribution is -0.116. The Morgan fingerprint density at radius 2 is 2.18 bits per heavy atom. The van der Waals surface area contributed by atoms with Gasteiger partial charge in [-0.15, -0.1) is 11.3 Å². The first-order valence-corrected chi connectivity index (χ1v) is 7.76. The first kappa shape index (κ1) is 16.1. The molecule has 0 aliphatic heterocycles. The zero-order valence-electron chi connectivity index (χ0n) is 12.8. The predicted octanol–water partition coefficient (Wildman–Crippen LogP) is 1.68. The smallest absolute Gasteiger partial charge is 0.266 e. The first-order valence-electron chi connectivity index (χ1n) is 6.94. The van der Waals surface area contributed by atoms with Crippen molar-refractivity contribution in [2.24, 2.45) is 0 Å². The fourth-order valence-electron chi connectivity index (χ4n) is 1.99. The molecular weight excluding hydrogens is 300 g/mol. The number of nitrogens with zero attached hydrogens (tertiary/aromatic N) is 3. The number of carbonyl (C=O) groups is 1. The third-order valence-corrected chi connectivity index (χ3v) is 4.04. The largest absolute Gasteiger partial charge is 0.351 e. The van der Waals surface area contributed by atoms with Crippen LogP contribution in [0.5, 0.6) is 0 Å². The second-order valence-electron chi connectivity index (χ2n) is 4.72. The summed E-state index contributed by atoms with van der Waals surface area (Å²) in [5.74, 6) is -0.180. The Balaban J connectivity index is 2.15. The minimum atomic E-state index is -0.192. The molecule has 0 unspecified atom stereocenters. The molecule has 116 valence electrons.